The lowest BCUT2D eigenvalue weighted by atomic mass is 10.2. The summed E-state index contributed by atoms with van der Waals surface area (Å²) in [5.74, 6) is -0.879. The predicted molar refractivity (Wildman–Crippen MR) is 100 cm³/mol. The number of carbonyl (C=O) groups excluding carboxylic acids is 2. The van der Waals surface area contributed by atoms with Crippen LogP contribution >= 0.6 is 0 Å². The predicted octanol–water partition coefficient (Wildman–Crippen LogP) is 2.34. The first-order valence-corrected chi connectivity index (χ1v) is 8.59. The molecule has 0 bridgehead atoms. The first-order valence-electron chi connectivity index (χ1n) is 8.59. The van der Waals surface area contributed by atoms with Gasteiger partial charge in [-0.1, -0.05) is 18.2 Å². The van der Waals surface area contributed by atoms with E-state index in [0.717, 1.165) is 5.69 Å². The summed E-state index contributed by atoms with van der Waals surface area (Å²) in [4.78, 5) is 25.9. The molecule has 140 valence electrons. The van der Waals surface area contributed by atoms with Crippen molar-refractivity contribution in [2.24, 2.45) is 0 Å². The molecule has 0 aliphatic rings. The van der Waals surface area contributed by atoms with Crippen molar-refractivity contribution in [2.75, 3.05) is 11.9 Å². The normalized spacial score (nSPS) is 10.8. The topological polar surface area (TPSA) is 103 Å². The lowest BCUT2D eigenvalue weighted by Crippen LogP contribution is -2.13. The van der Waals surface area contributed by atoms with E-state index >= 15 is 0 Å². The molecule has 0 unspecified atom stereocenters. The number of hydrogen-bond donors (Lipinski definition) is 1. The average molecular weight is 376 g/mol. The zero-order valence-corrected chi connectivity index (χ0v) is 14.9. The van der Waals surface area contributed by atoms with Gasteiger partial charge in [0, 0.05) is 11.9 Å². The molecule has 0 saturated carbocycles. The van der Waals surface area contributed by atoms with Crippen molar-refractivity contribution in [3.8, 4) is 5.69 Å². The number of esters is 1. The highest BCUT2D eigenvalue weighted by Crippen LogP contribution is 2.17. The van der Waals surface area contributed by atoms with Crippen molar-refractivity contribution >= 4 is 23.1 Å². The molecule has 4 rings (SSSR count). The Morgan fingerprint density at radius 3 is 2.71 bits per heavy atom. The maximum Gasteiger partial charge on any atom is 0.341 e. The van der Waals surface area contributed by atoms with Gasteiger partial charge < -0.3 is 10.1 Å². The van der Waals surface area contributed by atoms with Crippen LogP contribution < -0.4 is 5.32 Å². The number of benzene rings is 1. The van der Waals surface area contributed by atoms with Gasteiger partial charge in [0.25, 0.3) is 5.91 Å². The van der Waals surface area contributed by atoms with Gasteiger partial charge in [-0.25, -0.2) is 9.31 Å². The van der Waals surface area contributed by atoms with Crippen LogP contribution in [0.2, 0.25) is 0 Å². The number of aromatic nitrogens is 5. The lowest BCUT2D eigenvalue weighted by Gasteiger charge is -2.05. The Morgan fingerprint density at radius 2 is 1.93 bits per heavy atom. The molecule has 0 saturated heterocycles. The SMILES string of the molecule is CCOC(=O)c1cnn2ccc(NC(=O)c3cnn(-c4ccccc4)n3)cc12. The van der Waals surface area contributed by atoms with Gasteiger partial charge in [-0.2, -0.15) is 15.0 Å². The van der Waals surface area contributed by atoms with E-state index in [1.165, 1.54) is 21.7 Å². The summed E-state index contributed by atoms with van der Waals surface area (Å²) in [6.45, 7) is 2.00. The van der Waals surface area contributed by atoms with Gasteiger partial charge >= 0.3 is 5.97 Å². The Balaban J connectivity index is 1.56. The van der Waals surface area contributed by atoms with Crippen molar-refractivity contribution < 1.29 is 14.3 Å². The molecule has 0 radical (unpaired) electrons. The Hall–Kier alpha value is -4.01. The van der Waals surface area contributed by atoms with Crippen LogP contribution in [0.25, 0.3) is 11.2 Å². The molecule has 1 N–H and O–H groups in total. The third-order valence-corrected chi connectivity index (χ3v) is 3.99. The van der Waals surface area contributed by atoms with E-state index in [4.69, 9.17) is 4.74 Å². The number of pyridine rings is 1. The molecule has 4 aromatic rings. The van der Waals surface area contributed by atoms with E-state index in [-0.39, 0.29) is 12.3 Å². The van der Waals surface area contributed by atoms with Gasteiger partial charge in [-0.05, 0) is 31.2 Å². The van der Waals surface area contributed by atoms with Gasteiger partial charge in [0.15, 0.2) is 5.69 Å². The monoisotopic (exact) mass is 376 g/mol. The minimum absolute atomic E-state index is 0.169. The molecule has 1 aromatic carbocycles. The second kappa shape index (κ2) is 7.31. The number of nitrogens with zero attached hydrogens (tertiary/aromatic N) is 5. The molecule has 0 aliphatic heterocycles. The van der Waals surface area contributed by atoms with Gasteiger partial charge in [0.05, 0.1) is 30.2 Å². The summed E-state index contributed by atoms with van der Waals surface area (Å²) in [6, 6.07) is 12.6. The molecule has 0 atom stereocenters. The van der Waals surface area contributed by atoms with E-state index in [1.807, 2.05) is 30.3 Å². The Bertz CT molecular complexity index is 1150. The molecular formula is C19H16N6O3. The number of amides is 1. The molecule has 3 aromatic heterocycles. The molecule has 9 heteroatoms. The highest BCUT2D eigenvalue weighted by Gasteiger charge is 2.16. The molecular weight excluding hydrogens is 360 g/mol. The maximum atomic E-state index is 12.5. The fourth-order valence-electron chi connectivity index (χ4n) is 2.67. The standard InChI is InChI=1S/C19H16N6O3/c1-2-28-19(27)15-11-20-24-9-8-13(10-17(15)24)22-18(26)16-12-21-25(23-16)14-6-4-3-5-7-14/h3-12H,2H2,1H3,(H,22,26). The van der Waals surface area contributed by atoms with Gasteiger partial charge in [0.1, 0.15) is 5.56 Å². The zero-order valence-electron chi connectivity index (χ0n) is 14.9. The van der Waals surface area contributed by atoms with Gasteiger partial charge in [0.2, 0.25) is 0 Å². The number of para-hydroxylation sites is 1. The van der Waals surface area contributed by atoms with E-state index in [1.54, 1.807) is 25.3 Å². The zero-order chi connectivity index (χ0) is 19.5. The summed E-state index contributed by atoms with van der Waals surface area (Å²) in [5, 5.41) is 15.2. The van der Waals surface area contributed by atoms with Crippen molar-refractivity contribution in [3.05, 3.63) is 72.3 Å². The fraction of sp³-hybridized carbons (Fsp3) is 0.105. The second-order valence-electron chi connectivity index (χ2n) is 5.83. The minimum Gasteiger partial charge on any atom is -0.462 e. The number of nitrogens with one attached hydrogen (secondary N) is 1. The molecule has 3 heterocycles. The van der Waals surface area contributed by atoms with Crippen LogP contribution in [0.1, 0.15) is 27.8 Å². The van der Waals surface area contributed by atoms with Crippen molar-refractivity contribution in [1.82, 2.24) is 24.6 Å². The van der Waals surface area contributed by atoms with E-state index in [2.05, 4.69) is 20.6 Å². The van der Waals surface area contributed by atoms with E-state index < -0.39 is 11.9 Å². The van der Waals surface area contributed by atoms with Crippen LogP contribution in [0.3, 0.4) is 0 Å². The third-order valence-electron chi connectivity index (χ3n) is 3.99. The Kier molecular flexibility index (Phi) is 4.55. The average Bonchev–Trinajstić information content (AvgIpc) is 3.36. The molecule has 0 spiro atoms. The first kappa shape index (κ1) is 17.4. The number of fused-ring (bicyclic) bond motifs is 1. The number of anilines is 1. The summed E-state index contributed by atoms with van der Waals surface area (Å²) in [6.07, 6.45) is 4.47. The smallest absolute Gasteiger partial charge is 0.341 e. The third kappa shape index (κ3) is 3.32. The second-order valence-corrected chi connectivity index (χ2v) is 5.83. The summed E-state index contributed by atoms with van der Waals surface area (Å²) in [7, 11) is 0. The van der Waals surface area contributed by atoms with Crippen molar-refractivity contribution in [3.63, 3.8) is 0 Å². The Morgan fingerprint density at radius 1 is 1.11 bits per heavy atom. The number of hydrogen-bond acceptors (Lipinski definition) is 6. The van der Waals surface area contributed by atoms with Crippen LogP contribution in [-0.4, -0.2) is 43.1 Å². The molecule has 1 amide bonds. The van der Waals surface area contributed by atoms with E-state index in [9.17, 15) is 9.59 Å². The molecule has 0 aliphatic carbocycles. The summed E-state index contributed by atoms with van der Waals surface area (Å²) < 4.78 is 6.56. The lowest BCUT2D eigenvalue weighted by molar-refractivity contribution is 0.0528. The summed E-state index contributed by atoms with van der Waals surface area (Å²) in [5.41, 5.74) is 2.28. The highest BCUT2D eigenvalue weighted by atomic mass is 16.5. The van der Waals surface area contributed by atoms with Crippen LogP contribution in [0.4, 0.5) is 5.69 Å². The highest BCUT2D eigenvalue weighted by molar-refractivity contribution is 6.03. The fourth-order valence-corrected chi connectivity index (χ4v) is 2.67. The number of carbonyl (C=O) groups is 2. The molecule has 28 heavy (non-hydrogen) atoms. The van der Waals surface area contributed by atoms with Gasteiger partial charge in [-0.3, -0.25) is 4.79 Å². The van der Waals surface area contributed by atoms with E-state index in [0.29, 0.717) is 16.8 Å². The molecule has 9 nitrogen and oxygen atoms in total. The molecule has 0 fully saturated rings. The first-order chi connectivity index (χ1) is 13.7. The number of ether oxygens (including phenoxy) is 1. The quantitative estimate of drug-likeness (QED) is 0.536. The number of rotatable bonds is 5. The van der Waals surface area contributed by atoms with Crippen LogP contribution in [-0.2, 0) is 4.74 Å². The maximum absolute atomic E-state index is 12.5. The largest absolute Gasteiger partial charge is 0.462 e. The van der Waals surface area contributed by atoms with Crippen molar-refractivity contribution in [2.45, 2.75) is 6.92 Å². The van der Waals surface area contributed by atoms with Crippen LogP contribution in [0.15, 0.2) is 61.1 Å². The van der Waals surface area contributed by atoms with Crippen LogP contribution in [0.5, 0.6) is 0 Å². The summed E-state index contributed by atoms with van der Waals surface area (Å²) >= 11 is 0. The Labute approximate surface area is 159 Å². The minimum atomic E-state index is -0.466. The van der Waals surface area contributed by atoms with Crippen LogP contribution in [0, 0.1) is 0 Å². The van der Waals surface area contributed by atoms with Crippen molar-refractivity contribution in [1.29, 1.82) is 0 Å². The van der Waals surface area contributed by atoms with Gasteiger partial charge in [-0.15, -0.1) is 5.10 Å².